The van der Waals surface area contributed by atoms with Crippen molar-refractivity contribution in [3.05, 3.63) is 25.3 Å². The highest BCUT2D eigenvalue weighted by Gasteiger charge is 2.10. The first-order valence-electron chi connectivity index (χ1n) is 5.94. The van der Waals surface area contributed by atoms with E-state index >= 15 is 0 Å². The summed E-state index contributed by atoms with van der Waals surface area (Å²) < 4.78 is 9.31. The molecule has 19 heavy (non-hydrogen) atoms. The molecule has 2 unspecified atom stereocenters. The van der Waals surface area contributed by atoms with Crippen LogP contribution in [0.3, 0.4) is 0 Å². The molecule has 0 aromatic rings. The van der Waals surface area contributed by atoms with Crippen molar-refractivity contribution in [1.29, 1.82) is 0 Å². The van der Waals surface area contributed by atoms with E-state index in [-0.39, 0.29) is 13.2 Å². The van der Waals surface area contributed by atoms with Crippen LogP contribution in [0.2, 0.25) is 0 Å². The minimum Gasteiger partial charge on any atom is -0.460 e. The van der Waals surface area contributed by atoms with E-state index in [0.717, 1.165) is 12.2 Å². The molecule has 0 aliphatic rings. The smallest absolute Gasteiger partial charge is 0.330 e. The Morgan fingerprint density at radius 1 is 0.947 bits per heavy atom. The Kier molecular flexibility index (Phi) is 9.38. The molecule has 0 rings (SSSR count). The molecule has 6 heteroatoms. The molecule has 0 fully saturated rings. The predicted octanol–water partition coefficient (Wildman–Crippen LogP) is 0.337. The molecule has 2 N–H and O–H groups in total. The molecular weight excluding hydrogens is 252 g/mol. The Bertz CT molecular complexity index is 282. The lowest BCUT2D eigenvalue weighted by molar-refractivity contribution is -0.141. The Balaban J connectivity index is 3.60. The average molecular weight is 272 g/mol. The first-order valence-corrected chi connectivity index (χ1v) is 5.94. The maximum absolute atomic E-state index is 10.7. The number of carbonyl (C=O) groups excluding carboxylic acids is 2. The topological polar surface area (TPSA) is 93.1 Å². The number of aliphatic hydroxyl groups excluding tert-OH is 2. The highest BCUT2D eigenvalue weighted by Crippen LogP contribution is 2.05. The van der Waals surface area contributed by atoms with Crippen molar-refractivity contribution in [2.24, 2.45) is 0 Å². The van der Waals surface area contributed by atoms with Crippen LogP contribution in [0.5, 0.6) is 0 Å². The molecule has 0 heterocycles. The van der Waals surface area contributed by atoms with Crippen molar-refractivity contribution in [3.8, 4) is 0 Å². The SMILES string of the molecule is C=CC(=O)OCC(O)CCCC(O)COC(=O)C=C. The normalized spacial score (nSPS) is 13.2. The molecule has 0 aliphatic carbocycles. The molecule has 0 aromatic carbocycles. The fraction of sp³-hybridized carbons (Fsp3) is 0.538. The van der Waals surface area contributed by atoms with Crippen LogP contribution in [0.25, 0.3) is 0 Å². The van der Waals surface area contributed by atoms with E-state index in [9.17, 15) is 19.8 Å². The number of aliphatic hydroxyl groups is 2. The zero-order valence-electron chi connectivity index (χ0n) is 10.8. The molecular formula is C13H20O6. The lowest BCUT2D eigenvalue weighted by Crippen LogP contribution is -2.20. The van der Waals surface area contributed by atoms with Gasteiger partial charge < -0.3 is 19.7 Å². The molecule has 108 valence electrons. The Morgan fingerprint density at radius 2 is 1.32 bits per heavy atom. The quantitative estimate of drug-likeness (QED) is 0.440. The van der Waals surface area contributed by atoms with Gasteiger partial charge in [0, 0.05) is 12.2 Å². The number of hydrogen-bond donors (Lipinski definition) is 2. The monoisotopic (exact) mass is 272 g/mol. The summed E-state index contributed by atoms with van der Waals surface area (Å²) in [5.74, 6) is -1.18. The highest BCUT2D eigenvalue weighted by atomic mass is 16.5. The van der Waals surface area contributed by atoms with Crippen molar-refractivity contribution >= 4 is 11.9 Å². The van der Waals surface area contributed by atoms with Gasteiger partial charge in [0.25, 0.3) is 0 Å². The van der Waals surface area contributed by atoms with Gasteiger partial charge in [0.15, 0.2) is 0 Å². The molecule has 0 saturated heterocycles. The van der Waals surface area contributed by atoms with Crippen molar-refractivity contribution in [2.45, 2.75) is 31.5 Å². The largest absolute Gasteiger partial charge is 0.460 e. The summed E-state index contributed by atoms with van der Waals surface area (Å²) in [6.07, 6.45) is 1.72. The van der Waals surface area contributed by atoms with Gasteiger partial charge in [0.1, 0.15) is 13.2 Å². The van der Waals surface area contributed by atoms with Crippen LogP contribution < -0.4 is 0 Å². The average Bonchev–Trinajstić information content (AvgIpc) is 2.41. The maximum Gasteiger partial charge on any atom is 0.330 e. The molecule has 0 amide bonds. The Labute approximate surface area is 112 Å². The first kappa shape index (κ1) is 17.3. The first-order chi connectivity index (χ1) is 8.99. The molecule has 0 aliphatic heterocycles. The summed E-state index contributed by atoms with van der Waals surface area (Å²) in [6, 6.07) is 0. The van der Waals surface area contributed by atoms with Gasteiger partial charge in [-0.15, -0.1) is 0 Å². The summed E-state index contributed by atoms with van der Waals surface area (Å²) in [7, 11) is 0. The number of esters is 2. The molecule has 0 bridgehead atoms. The number of ether oxygens (including phenoxy) is 2. The zero-order valence-corrected chi connectivity index (χ0v) is 10.8. The minimum absolute atomic E-state index is 0.105. The van der Waals surface area contributed by atoms with Crippen molar-refractivity contribution < 1.29 is 29.3 Å². The lowest BCUT2D eigenvalue weighted by Gasteiger charge is -2.13. The molecule has 2 atom stereocenters. The third kappa shape index (κ3) is 9.99. The molecule has 0 radical (unpaired) electrons. The van der Waals surface area contributed by atoms with Crippen molar-refractivity contribution in [3.63, 3.8) is 0 Å². The third-order valence-electron chi connectivity index (χ3n) is 2.24. The van der Waals surface area contributed by atoms with Gasteiger partial charge in [0.2, 0.25) is 0 Å². The highest BCUT2D eigenvalue weighted by molar-refractivity contribution is 5.81. The second-order valence-electron chi connectivity index (χ2n) is 3.91. The van der Waals surface area contributed by atoms with Crippen LogP contribution in [0.1, 0.15) is 19.3 Å². The number of hydrogen-bond acceptors (Lipinski definition) is 6. The predicted molar refractivity (Wildman–Crippen MR) is 68.2 cm³/mol. The van der Waals surface area contributed by atoms with Crippen LogP contribution >= 0.6 is 0 Å². The van der Waals surface area contributed by atoms with Gasteiger partial charge in [0.05, 0.1) is 12.2 Å². The van der Waals surface area contributed by atoms with E-state index in [2.05, 4.69) is 22.6 Å². The van der Waals surface area contributed by atoms with Crippen LogP contribution in [-0.4, -0.2) is 47.6 Å². The van der Waals surface area contributed by atoms with E-state index in [4.69, 9.17) is 0 Å². The summed E-state index contributed by atoms with van der Waals surface area (Å²) in [4.78, 5) is 21.5. The second kappa shape index (κ2) is 10.3. The van der Waals surface area contributed by atoms with E-state index < -0.39 is 24.1 Å². The van der Waals surface area contributed by atoms with Gasteiger partial charge in [-0.25, -0.2) is 9.59 Å². The molecule has 0 spiro atoms. The zero-order chi connectivity index (χ0) is 14.7. The maximum atomic E-state index is 10.7. The van der Waals surface area contributed by atoms with Gasteiger partial charge in [-0.3, -0.25) is 0 Å². The third-order valence-corrected chi connectivity index (χ3v) is 2.24. The van der Waals surface area contributed by atoms with Crippen LogP contribution in [0.15, 0.2) is 25.3 Å². The summed E-state index contributed by atoms with van der Waals surface area (Å²) >= 11 is 0. The Morgan fingerprint density at radius 3 is 1.63 bits per heavy atom. The number of carbonyl (C=O) groups is 2. The number of rotatable bonds is 10. The van der Waals surface area contributed by atoms with Crippen molar-refractivity contribution in [2.75, 3.05) is 13.2 Å². The van der Waals surface area contributed by atoms with Crippen LogP contribution in [-0.2, 0) is 19.1 Å². The fourth-order valence-corrected chi connectivity index (χ4v) is 1.23. The standard InChI is InChI=1S/C13H20O6/c1-3-12(16)18-8-10(14)6-5-7-11(15)9-19-13(17)4-2/h3-4,10-11,14-15H,1-2,5-9H2. The van der Waals surface area contributed by atoms with Gasteiger partial charge in [-0.2, -0.15) is 0 Å². The lowest BCUT2D eigenvalue weighted by atomic mass is 10.1. The van der Waals surface area contributed by atoms with E-state index in [1.807, 2.05) is 0 Å². The van der Waals surface area contributed by atoms with Crippen LogP contribution in [0, 0.1) is 0 Å². The second-order valence-corrected chi connectivity index (χ2v) is 3.91. The van der Waals surface area contributed by atoms with Crippen molar-refractivity contribution in [1.82, 2.24) is 0 Å². The summed E-state index contributed by atoms with van der Waals surface area (Å²) in [6.45, 7) is 6.25. The summed E-state index contributed by atoms with van der Waals surface area (Å²) in [5, 5.41) is 18.9. The molecule has 0 saturated carbocycles. The van der Waals surface area contributed by atoms with E-state index in [1.165, 1.54) is 0 Å². The van der Waals surface area contributed by atoms with Gasteiger partial charge in [-0.05, 0) is 19.3 Å². The van der Waals surface area contributed by atoms with Crippen LogP contribution in [0.4, 0.5) is 0 Å². The fourth-order valence-electron chi connectivity index (χ4n) is 1.23. The Hall–Kier alpha value is -1.66. The molecule has 6 nitrogen and oxygen atoms in total. The van der Waals surface area contributed by atoms with E-state index in [0.29, 0.717) is 19.3 Å². The van der Waals surface area contributed by atoms with E-state index in [1.54, 1.807) is 0 Å². The van der Waals surface area contributed by atoms with Gasteiger partial charge >= 0.3 is 11.9 Å². The summed E-state index contributed by atoms with van der Waals surface area (Å²) in [5.41, 5.74) is 0. The minimum atomic E-state index is -0.785. The molecule has 0 aromatic heterocycles. The van der Waals surface area contributed by atoms with Gasteiger partial charge in [-0.1, -0.05) is 13.2 Å².